The van der Waals surface area contributed by atoms with Crippen molar-refractivity contribution >= 4 is 18.3 Å². The first-order chi connectivity index (χ1) is 5.52. The maximum atomic E-state index is 12.7. The number of thiol groups is 1. The molecule has 2 N–H and O–H groups in total. The van der Waals surface area contributed by atoms with Crippen LogP contribution in [0.4, 0.5) is 8.87 Å². The van der Waals surface area contributed by atoms with Gasteiger partial charge in [0.1, 0.15) is 5.71 Å². The number of aliphatic hydroxyl groups excluding tert-OH is 1. The highest BCUT2D eigenvalue weighted by atomic mass is 32.1. The standard InChI is InChI=1S/C5H7F2N3OS/c1-2(11)3-4(12)5(6)9-10(7)8-3/h2,9,11-12H,1H3. The van der Waals surface area contributed by atoms with Gasteiger partial charge >= 0.3 is 0 Å². The van der Waals surface area contributed by atoms with Gasteiger partial charge in [0.25, 0.3) is 0 Å². The van der Waals surface area contributed by atoms with E-state index in [-0.39, 0.29) is 16.0 Å². The molecule has 4 nitrogen and oxygen atoms in total. The van der Waals surface area contributed by atoms with E-state index in [9.17, 15) is 8.87 Å². The van der Waals surface area contributed by atoms with Gasteiger partial charge in [0.2, 0.25) is 5.95 Å². The van der Waals surface area contributed by atoms with Gasteiger partial charge in [0.05, 0.1) is 11.0 Å². The number of hydrogen-bond acceptors (Lipinski definition) is 5. The van der Waals surface area contributed by atoms with Crippen LogP contribution in [0.15, 0.2) is 16.0 Å². The Balaban J connectivity index is 2.96. The molecule has 0 aromatic carbocycles. The van der Waals surface area contributed by atoms with E-state index < -0.39 is 12.1 Å². The fraction of sp³-hybridized carbons (Fsp3) is 0.400. The molecular formula is C5H7F2N3OS. The Bertz CT molecular complexity index is 253. The van der Waals surface area contributed by atoms with Crippen LogP contribution in [0, 0.1) is 0 Å². The Hall–Kier alpha value is -0.820. The average Bonchev–Trinajstić information content (AvgIpc) is 1.96. The number of halogens is 2. The van der Waals surface area contributed by atoms with Gasteiger partial charge in [-0.15, -0.1) is 17.7 Å². The van der Waals surface area contributed by atoms with Crippen LogP contribution in [-0.4, -0.2) is 22.3 Å². The molecule has 0 aliphatic carbocycles. The lowest BCUT2D eigenvalue weighted by Gasteiger charge is -2.19. The van der Waals surface area contributed by atoms with Crippen LogP contribution < -0.4 is 5.43 Å². The number of hydrogen-bond donors (Lipinski definition) is 3. The maximum Gasteiger partial charge on any atom is 0.224 e. The fourth-order valence-corrected chi connectivity index (χ4v) is 0.976. The van der Waals surface area contributed by atoms with Crippen molar-refractivity contribution in [1.29, 1.82) is 0 Å². The summed E-state index contributed by atoms with van der Waals surface area (Å²) in [5.41, 5.74) is 1.46. The predicted octanol–water partition coefficient (Wildman–Crippen LogP) is 0.496. The molecule has 0 saturated carbocycles. The first-order valence-corrected chi connectivity index (χ1v) is 3.55. The summed E-state index contributed by atoms with van der Waals surface area (Å²) in [7, 11) is 0. The molecule has 1 aliphatic rings. The molecule has 1 rings (SSSR count). The summed E-state index contributed by atoms with van der Waals surface area (Å²) >= 11 is 3.69. The van der Waals surface area contributed by atoms with E-state index >= 15 is 0 Å². The molecule has 0 aromatic heterocycles. The lowest BCUT2D eigenvalue weighted by atomic mass is 10.2. The van der Waals surface area contributed by atoms with Crippen molar-refractivity contribution in [2.24, 2.45) is 5.10 Å². The molecule has 0 fully saturated rings. The first kappa shape index (κ1) is 9.27. The lowest BCUT2D eigenvalue weighted by Crippen LogP contribution is -2.34. The van der Waals surface area contributed by atoms with Crippen molar-refractivity contribution in [1.82, 2.24) is 10.8 Å². The molecule has 1 aliphatic heterocycles. The summed E-state index contributed by atoms with van der Waals surface area (Å²) in [4.78, 5) is -0.195. The van der Waals surface area contributed by atoms with Gasteiger partial charge in [-0.1, -0.05) is 4.48 Å². The third-order valence-corrected chi connectivity index (χ3v) is 1.66. The second-order valence-electron chi connectivity index (χ2n) is 2.20. The molecule has 0 spiro atoms. The van der Waals surface area contributed by atoms with Crippen LogP contribution in [0.25, 0.3) is 0 Å². The van der Waals surface area contributed by atoms with Crippen molar-refractivity contribution in [2.75, 3.05) is 0 Å². The number of rotatable bonds is 1. The van der Waals surface area contributed by atoms with Gasteiger partial charge in [0, 0.05) is 0 Å². The van der Waals surface area contributed by atoms with E-state index in [4.69, 9.17) is 5.11 Å². The number of aliphatic hydroxyl groups is 1. The molecule has 1 atom stereocenters. The van der Waals surface area contributed by atoms with Crippen LogP contribution in [-0.2, 0) is 0 Å². The van der Waals surface area contributed by atoms with Gasteiger partial charge < -0.3 is 5.11 Å². The zero-order valence-electron chi connectivity index (χ0n) is 6.12. The highest BCUT2D eigenvalue weighted by Gasteiger charge is 2.22. The summed E-state index contributed by atoms with van der Waals surface area (Å²) in [6.45, 7) is 1.33. The largest absolute Gasteiger partial charge is 0.387 e. The van der Waals surface area contributed by atoms with Gasteiger partial charge in [-0.2, -0.15) is 4.39 Å². The van der Waals surface area contributed by atoms with Gasteiger partial charge in [-0.05, 0) is 12.3 Å². The minimum absolute atomic E-state index is 0.155. The molecule has 0 aromatic rings. The molecule has 12 heavy (non-hydrogen) atoms. The predicted molar refractivity (Wildman–Crippen MR) is 42.3 cm³/mol. The topological polar surface area (TPSA) is 47.9 Å². The third kappa shape index (κ3) is 1.67. The van der Waals surface area contributed by atoms with E-state index in [0.717, 1.165) is 0 Å². The minimum Gasteiger partial charge on any atom is -0.387 e. The Morgan fingerprint density at radius 3 is 2.83 bits per heavy atom. The molecule has 1 heterocycles. The summed E-state index contributed by atoms with van der Waals surface area (Å²) in [5.74, 6) is -0.980. The Morgan fingerprint density at radius 1 is 1.75 bits per heavy atom. The van der Waals surface area contributed by atoms with E-state index in [0.29, 0.717) is 0 Å². The van der Waals surface area contributed by atoms with Crippen molar-refractivity contribution < 1.29 is 14.0 Å². The number of hydrazine groups is 1. The third-order valence-electron chi connectivity index (χ3n) is 1.23. The molecule has 0 radical (unpaired) electrons. The highest BCUT2D eigenvalue weighted by Crippen LogP contribution is 2.18. The van der Waals surface area contributed by atoms with E-state index in [1.165, 1.54) is 6.92 Å². The maximum absolute atomic E-state index is 12.7. The van der Waals surface area contributed by atoms with E-state index in [2.05, 4.69) is 17.7 Å². The average molecular weight is 195 g/mol. The van der Waals surface area contributed by atoms with Gasteiger partial charge in [-0.3, -0.25) is 0 Å². The quantitative estimate of drug-likeness (QED) is 0.324. The molecule has 68 valence electrons. The summed E-state index contributed by atoms with van der Waals surface area (Å²) < 4.78 is 25.0. The summed E-state index contributed by atoms with van der Waals surface area (Å²) in [6, 6.07) is 0. The number of nitrogens with one attached hydrogen (secondary N) is 1. The Morgan fingerprint density at radius 2 is 2.33 bits per heavy atom. The van der Waals surface area contributed by atoms with Crippen molar-refractivity contribution in [3.63, 3.8) is 0 Å². The van der Waals surface area contributed by atoms with Crippen LogP contribution in [0.2, 0.25) is 0 Å². The normalized spacial score (nSPS) is 20.4. The summed E-state index contributed by atoms with van der Waals surface area (Å²) in [6.07, 6.45) is -1.07. The van der Waals surface area contributed by atoms with Gasteiger partial charge in [0.15, 0.2) is 0 Å². The van der Waals surface area contributed by atoms with Crippen LogP contribution in [0.3, 0.4) is 0 Å². The second-order valence-corrected chi connectivity index (χ2v) is 2.64. The van der Waals surface area contributed by atoms with Gasteiger partial charge in [-0.25, -0.2) is 5.43 Å². The molecular weight excluding hydrogens is 188 g/mol. The minimum atomic E-state index is -1.07. The van der Waals surface area contributed by atoms with Crippen molar-refractivity contribution in [2.45, 2.75) is 13.0 Å². The van der Waals surface area contributed by atoms with Crippen molar-refractivity contribution in [3.8, 4) is 0 Å². The van der Waals surface area contributed by atoms with E-state index in [1.54, 1.807) is 5.43 Å². The fourth-order valence-electron chi connectivity index (χ4n) is 0.695. The van der Waals surface area contributed by atoms with E-state index in [1.807, 2.05) is 0 Å². The van der Waals surface area contributed by atoms with Crippen LogP contribution in [0.5, 0.6) is 0 Å². The summed E-state index contributed by atoms with van der Waals surface area (Å²) in [5, 5.41) is 11.8. The smallest absolute Gasteiger partial charge is 0.224 e. The molecule has 0 amide bonds. The number of hydrazone groups is 1. The second kappa shape index (κ2) is 3.28. The number of nitrogens with zero attached hydrogens (tertiary/aromatic N) is 2. The Labute approximate surface area is 72.9 Å². The Kier molecular flexibility index (Phi) is 2.53. The highest BCUT2D eigenvalue weighted by molar-refractivity contribution is 7.85. The molecule has 0 saturated heterocycles. The van der Waals surface area contributed by atoms with Crippen LogP contribution >= 0.6 is 12.6 Å². The monoisotopic (exact) mass is 195 g/mol. The first-order valence-electron chi connectivity index (χ1n) is 3.10. The van der Waals surface area contributed by atoms with Crippen LogP contribution in [0.1, 0.15) is 6.92 Å². The molecule has 0 bridgehead atoms. The van der Waals surface area contributed by atoms with Crippen molar-refractivity contribution in [3.05, 3.63) is 10.9 Å². The molecule has 7 heteroatoms. The zero-order valence-corrected chi connectivity index (χ0v) is 7.02. The lowest BCUT2D eigenvalue weighted by molar-refractivity contribution is -0.0292. The zero-order chi connectivity index (χ0) is 9.30. The molecule has 1 unspecified atom stereocenters. The SMILES string of the molecule is CC(O)C1=NN(F)NC(F)=C1S.